The van der Waals surface area contributed by atoms with Gasteiger partial charge in [-0.15, -0.1) is 46.1 Å². The smallest absolute Gasteiger partial charge is 0.403 e. The molecule has 18 heteroatoms. The van der Waals surface area contributed by atoms with E-state index in [1.807, 2.05) is 0 Å². The number of likely N-dealkylation sites (tertiary alicyclic amines) is 3. The van der Waals surface area contributed by atoms with Crippen molar-refractivity contribution in [3.63, 3.8) is 0 Å². The molecule has 62 heavy (non-hydrogen) atoms. The van der Waals surface area contributed by atoms with E-state index in [4.69, 9.17) is 0 Å². The number of hydrogen-bond donors (Lipinski definition) is 0. The van der Waals surface area contributed by atoms with Crippen LogP contribution in [0, 0.1) is 17.5 Å². The van der Waals surface area contributed by atoms with Gasteiger partial charge in [0.05, 0.1) is 0 Å². The fourth-order valence-electron chi connectivity index (χ4n) is 8.09. The summed E-state index contributed by atoms with van der Waals surface area (Å²) in [6.07, 6.45) is -7.33. The molecule has 0 bridgehead atoms. The average Bonchev–Trinajstić information content (AvgIpc) is 3.20. The Morgan fingerprint density at radius 2 is 0.823 bits per heavy atom. The highest BCUT2D eigenvalue weighted by atomic mass is 19.4. The van der Waals surface area contributed by atoms with E-state index in [1.165, 1.54) is 24.3 Å². The standard InChI is InChI=1S/C15H19F4NO.C15H17F4NO.C14H17F4NO/c2*1-2-8-20-9-6-11(7-10-20)12-4-3-5-13(14(12)16)21-15(17,18)19;1-2-19-8-6-10(7-9-19)11-4-3-5-12(13(11)15)20-14(16,17)18/h3-5,11H,2,6-10H2,1H3;2-5,11H,1,6-10H2;3-5,10H,2,6-9H2,1H3. The Morgan fingerprint density at radius 3 is 1.10 bits per heavy atom. The Balaban J connectivity index is 0.000000205. The van der Waals surface area contributed by atoms with E-state index in [0.29, 0.717) is 29.5 Å². The van der Waals surface area contributed by atoms with Crippen LogP contribution >= 0.6 is 0 Å². The number of hydrogen-bond acceptors (Lipinski definition) is 6. The molecule has 3 aliphatic rings. The van der Waals surface area contributed by atoms with Crippen LogP contribution in [0.3, 0.4) is 0 Å². The number of benzene rings is 3. The monoisotopic (exact) mass is 899 g/mol. The quantitative estimate of drug-likeness (QED) is 0.141. The van der Waals surface area contributed by atoms with Crippen LogP contribution in [0.5, 0.6) is 17.2 Å². The predicted octanol–water partition coefficient (Wildman–Crippen LogP) is 12.3. The van der Waals surface area contributed by atoms with E-state index in [9.17, 15) is 52.7 Å². The maximum absolute atomic E-state index is 14.2. The van der Waals surface area contributed by atoms with Gasteiger partial charge in [-0.25, -0.2) is 13.2 Å². The van der Waals surface area contributed by atoms with Crippen molar-refractivity contribution in [2.45, 2.75) is 95.6 Å². The van der Waals surface area contributed by atoms with E-state index in [-0.39, 0.29) is 17.8 Å². The SMILES string of the molecule is C=CCN1CCC(c2cccc(OC(F)(F)F)c2F)CC1.CCCN1CCC(c2cccc(OC(F)(F)F)c2F)CC1.CCN1CCC(c2cccc(OC(F)(F)F)c2F)CC1. The van der Waals surface area contributed by atoms with Crippen molar-refractivity contribution in [3.05, 3.63) is 101 Å². The first kappa shape index (κ1) is 50.5. The Morgan fingerprint density at radius 1 is 0.516 bits per heavy atom. The van der Waals surface area contributed by atoms with E-state index in [1.54, 1.807) is 18.2 Å². The second kappa shape index (κ2) is 23.0. The zero-order chi connectivity index (χ0) is 45.7. The highest BCUT2D eigenvalue weighted by molar-refractivity contribution is 5.36. The summed E-state index contributed by atoms with van der Waals surface area (Å²) in [6, 6.07) is 11.9. The van der Waals surface area contributed by atoms with Gasteiger partial charge < -0.3 is 24.0 Å². The minimum Gasteiger partial charge on any atom is -0.403 e. The Hall–Kier alpha value is -4.16. The first-order valence-corrected chi connectivity index (χ1v) is 20.6. The van der Waals surface area contributed by atoms with Crippen molar-refractivity contribution >= 4 is 0 Å². The lowest BCUT2D eigenvalue weighted by Gasteiger charge is -2.32. The van der Waals surface area contributed by atoms with Gasteiger partial charge in [0.2, 0.25) is 0 Å². The zero-order valence-electron chi connectivity index (χ0n) is 34.6. The molecule has 0 aromatic heterocycles. The minimum absolute atomic E-state index is 0.0464. The third-order valence-corrected chi connectivity index (χ3v) is 11.1. The Labute approximate surface area is 354 Å². The fraction of sp³-hybridized carbons (Fsp3) is 0.545. The molecule has 3 heterocycles. The summed E-state index contributed by atoms with van der Waals surface area (Å²) in [5.41, 5.74) is 0.949. The first-order chi connectivity index (χ1) is 29.2. The summed E-state index contributed by atoms with van der Waals surface area (Å²) in [6.45, 7) is 15.5. The topological polar surface area (TPSA) is 37.4 Å². The van der Waals surface area contributed by atoms with Gasteiger partial charge >= 0.3 is 19.1 Å². The van der Waals surface area contributed by atoms with Gasteiger partial charge in [0.1, 0.15) is 0 Å². The van der Waals surface area contributed by atoms with E-state index >= 15 is 0 Å². The molecule has 3 aliphatic heterocycles. The molecule has 0 radical (unpaired) electrons. The summed E-state index contributed by atoms with van der Waals surface area (Å²) < 4.78 is 164. The highest BCUT2D eigenvalue weighted by Crippen LogP contribution is 2.38. The molecule has 0 saturated carbocycles. The normalized spacial score (nSPS) is 18.0. The van der Waals surface area contributed by atoms with Crippen LogP contribution < -0.4 is 14.2 Å². The van der Waals surface area contributed by atoms with Gasteiger partial charge in [-0.3, -0.25) is 4.90 Å². The number of alkyl halides is 9. The Kier molecular flexibility index (Phi) is 18.7. The number of rotatable bonds is 11. The molecule has 0 N–H and O–H groups in total. The molecule has 0 unspecified atom stereocenters. The summed E-state index contributed by atoms with van der Waals surface area (Å²) >= 11 is 0. The largest absolute Gasteiger partial charge is 0.573 e. The molecule has 0 aliphatic carbocycles. The molecule has 0 spiro atoms. The van der Waals surface area contributed by atoms with Crippen LogP contribution in [-0.4, -0.2) is 92.7 Å². The number of ether oxygens (including phenoxy) is 3. The second-order valence-electron chi connectivity index (χ2n) is 15.3. The second-order valence-corrected chi connectivity index (χ2v) is 15.3. The average molecular weight is 900 g/mol. The fourth-order valence-corrected chi connectivity index (χ4v) is 8.09. The molecule has 0 amide bonds. The molecule has 3 saturated heterocycles. The lowest BCUT2D eigenvalue weighted by atomic mass is 9.89. The molecular formula is C44H53F12N3O3. The molecule has 6 nitrogen and oxygen atoms in total. The summed E-state index contributed by atoms with van der Waals surface area (Å²) in [4.78, 5) is 6.71. The van der Waals surface area contributed by atoms with Gasteiger partial charge in [-0.1, -0.05) is 56.3 Å². The highest BCUT2D eigenvalue weighted by Gasteiger charge is 2.36. The molecule has 346 valence electrons. The molecule has 0 atom stereocenters. The lowest BCUT2D eigenvalue weighted by molar-refractivity contribution is -0.276. The van der Waals surface area contributed by atoms with Crippen LogP contribution in [-0.2, 0) is 0 Å². The van der Waals surface area contributed by atoms with Crippen LogP contribution in [0.15, 0.2) is 67.3 Å². The van der Waals surface area contributed by atoms with Crippen molar-refractivity contribution in [2.24, 2.45) is 0 Å². The summed E-state index contributed by atoms with van der Waals surface area (Å²) in [5.74, 6) is -5.09. The van der Waals surface area contributed by atoms with Gasteiger partial charge in [0.15, 0.2) is 34.7 Å². The summed E-state index contributed by atoms with van der Waals surface area (Å²) in [7, 11) is 0. The van der Waals surface area contributed by atoms with Crippen molar-refractivity contribution in [1.82, 2.24) is 14.7 Å². The van der Waals surface area contributed by atoms with Gasteiger partial charge in [0, 0.05) is 6.54 Å². The van der Waals surface area contributed by atoms with Gasteiger partial charge in [-0.05, 0) is 150 Å². The van der Waals surface area contributed by atoms with E-state index < -0.39 is 53.8 Å². The van der Waals surface area contributed by atoms with E-state index in [2.05, 4.69) is 49.3 Å². The van der Waals surface area contributed by atoms with E-state index in [0.717, 1.165) is 109 Å². The van der Waals surface area contributed by atoms with Crippen molar-refractivity contribution in [2.75, 3.05) is 58.9 Å². The maximum Gasteiger partial charge on any atom is 0.573 e. The third-order valence-electron chi connectivity index (χ3n) is 11.1. The first-order valence-electron chi connectivity index (χ1n) is 20.6. The van der Waals surface area contributed by atoms with Crippen LogP contribution in [0.4, 0.5) is 52.7 Å². The van der Waals surface area contributed by atoms with Gasteiger partial charge in [-0.2, -0.15) is 0 Å². The molecule has 3 aromatic carbocycles. The maximum atomic E-state index is 14.2. The molecule has 6 rings (SSSR count). The summed E-state index contributed by atoms with van der Waals surface area (Å²) in [5, 5.41) is 0. The lowest BCUT2D eigenvalue weighted by Crippen LogP contribution is -2.33. The minimum atomic E-state index is -4.88. The van der Waals surface area contributed by atoms with Crippen molar-refractivity contribution in [3.8, 4) is 17.2 Å². The van der Waals surface area contributed by atoms with Crippen LogP contribution in [0.1, 0.15) is 93.2 Å². The predicted molar refractivity (Wildman–Crippen MR) is 211 cm³/mol. The Bertz CT molecular complexity index is 1830. The van der Waals surface area contributed by atoms with Gasteiger partial charge in [0.25, 0.3) is 0 Å². The van der Waals surface area contributed by atoms with Crippen molar-refractivity contribution < 1.29 is 66.9 Å². The molecular weight excluding hydrogens is 846 g/mol. The van der Waals surface area contributed by atoms with Crippen LogP contribution in [0.2, 0.25) is 0 Å². The third kappa shape index (κ3) is 15.9. The zero-order valence-corrected chi connectivity index (χ0v) is 34.6. The van der Waals surface area contributed by atoms with Crippen molar-refractivity contribution in [1.29, 1.82) is 0 Å². The molecule has 3 fully saturated rings. The number of nitrogens with zero attached hydrogens (tertiary/aromatic N) is 3. The van der Waals surface area contributed by atoms with Crippen LogP contribution in [0.25, 0.3) is 0 Å². The number of piperidine rings is 3. The molecule has 3 aromatic rings. The number of halogens is 12.